The molecule has 116 valence electrons. The highest BCUT2D eigenvalue weighted by atomic mass is 16.7. The minimum Gasteiger partial charge on any atom is -0.426 e. The predicted molar refractivity (Wildman–Crippen MR) is 81.0 cm³/mol. The van der Waals surface area contributed by atoms with Crippen molar-refractivity contribution >= 4 is 0 Å². The Hall–Kier alpha value is -2.86. The quantitative estimate of drug-likeness (QED) is 0.475. The van der Waals surface area contributed by atoms with Crippen LogP contribution >= 0.6 is 0 Å². The summed E-state index contributed by atoms with van der Waals surface area (Å²) in [6.07, 6.45) is 1.48. The van der Waals surface area contributed by atoms with E-state index in [9.17, 15) is 20.6 Å². The number of aryl methyl sites for hydroxylation is 2. The molecule has 1 saturated carbocycles. The maximum absolute atomic E-state index is 12.0. The van der Waals surface area contributed by atoms with Crippen molar-refractivity contribution in [3.63, 3.8) is 0 Å². The topological polar surface area (TPSA) is 100.0 Å². The second-order valence-corrected chi connectivity index (χ2v) is 6.23. The third-order valence-electron chi connectivity index (χ3n) is 5.11. The summed E-state index contributed by atoms with van der Waals surface area (Å²) >= 11 is 0. The molecule has 0 radical (unpaired) electrons. The van der Waals surface area contributed by atoms with Crippen LogP contribution in [-0.4, -0.2) is 10.6 Å². The van der Waals surface area contributed by atoms with Crippen LogP contribution in [0.4, 0.5) is 0 Å². The molecule has 2 aliphatic rings. The van der Waals surface area contributed by atoms with E-state index in [0.717, 1.165) is 11.1 Å². The van der Waals surface area contributed by atoms with Gasteiger partial charge in [0, 0.05) is 5.56 Å². The number of hydrogen-bond acceptors (Lipinski definition) is 5. The Balaban J connectivity index is 2.41. The van der Waals surface area contributed by atoms with Crippen LogP contribution in [0.1, 0.15) is 29.0 Å². The number of ether oxygens (including phenoxy) is 1. The van der Waals surface area contributed by atoms with Crippen molar-refractivity contribution in [2.75, 3.05) is 0 Å². The van der Waals surface area contributed by atoms with Crippen LogP contribution in [-0.2, 0) is 0 Å². The molecule has 0 spiro atoms. The molecule has 1 aliphatic carbocycles. The predicted octanol–water partition coefficient (Wildman–Crippen LogP) is 2.99. The largest absolute Gasteiger partial charge is 0.426 e. The van der Waals surface area contributed by atoms with Crippen molar-refractivity contribution in [2.45, 2.75) is 31.9 Å². The molecule has 1 fully saturated rings. The Kier molecular flexibility index (Phi) is 2.99. The van der Waals surface area contributed by atoms with Gasteiger partial charge in [0.2, 0.25) is 0 Å². The minimum atomic E-state index is -1.84. The number of fused-ring (bicyclic) bond motifs is 3. The fraction of sp³-hybridized carbons (Fsp3) is 0.412. The van der Waals surface area contributed by atoms with Gasteiger partial charge in [-0.05, 0) is 31.4 Å². The Bertz CT molecular complexity index is 804. The molecule has 3 atom stereocenters. The van der Waals surface area contributed by atoms with E-state index in [0.29, 0.717) is 11.3 Å². The Morgan fingerprint density at radius 2 is 2.00 bits per heavy atom. The molecule has 3 rings (SSSR count). The van der Waals surface area contributed by atoms with Gasteiger partial charge in [0.05, 0.1) is 23.0 Å². The standard InChI is InChI=1S/C17H15N3O3/c1-4-12-7-16(8-18,9-19)15-13-10(2)5-6-11(3)14(13)23-17(12,15)20(21)22/h4-6,12,15H,1,7H2,2-3H3/t12?,15-,17+/m1/s1. The van der Waals surface area contributed by atoms with Crippen LogP contribution < -0.4 is 4.74 Å². The number of benzene rings is 1. The van der Waals surface area contributed by atoms with Gasteiger partial charge in [0.25, 0.3) is 0 Å². The van der Waals surface area contributed by atoms with Gasteiger partial charge in [0.1, 0.15) is 11.7 Å². The summed E-state index contributed by atoms with van der Waals surface area (Å²) < 4.78 is 5.88. The lowest BCUT2D eigenvalue weighted by molar-refractivity contribution is -0.622. The van der Waals surface area contributed by atoms with E-state index in [1.807, 2.05) is 31.2 Å². The average Bonchev–Trinajstić information content (AvgIpc) is 3.04. The van der Waals surface area contributed by atoms with Gasteiger partial charge < -0.3 is 4.74 Å². The fourth-order valence-electron chi connectivity index (χ4n) is 4.01. The van der Waals surface area contributed by atoms with Crippen LogP contribution in [0.5, 0.6) is 5.75 Å². The second kappa shape index (κ2) is 4.57. The van der Waals surface area contributed by atoms with E-state index >= 15 is 0 Å². The molecule has 1 aliphatic heterocycles. The summed E-state index contributed by atoms with van der Waals surface area (Å²) in [5.41, 5.74) is -1.19. The monoisotopic (exact) mass is 309 g/mol. The molecule has 0 saturated heterocycles. The molecule has 6 nitrogen and oxygen atoms in total. The number of nitrogens with zero attached hydrogens (tertiary/aromatic N) is 3. The van der Waals surface area contributed by atoms with Crippen molar-refractivity contribution < 1.29 is 9.66 Å². The number of nitro groups is 1. The molecule has 1 aromatic carbocycles. The van der Waals surface area contributed by atoms with Gasteiger partial charge >= 0.3 is 5.72 Å². The van der Waals surface area contributed by atoms with Gasteiger partial charge in [-0.2, -0.15) is 10.5 Å². The zero-order valence-electron chi connectivity index (χ0n) is 12.9. The normalized spacial score (nSPS) is 29.6. The lowest BCUT2D eigenvalue weighted by Gasteiger charge is -2.25. The molecule has 6 heteroatoms. The molecule has 0 aromatic heterocycles. The number of rotatable bonds is 2. The van der Waals surface area contributed by atoms with E-state index in [2.05, 4.69) is 6.58 Å². The maximum Gasteiger partial charge on any atom is 0.378 e. The van der Waals surface area contributed by atoms with Crippen LogP contribution in [0.25, 0.3) is 0 Å². The molecule has 1 heterocycles. The highest BCUT2D eigenvalue weighted by Crippen LogP contribution is 2.65. The van der Waals surface area contributed by atoms with E-state index in [-0.39, 0.29) is 6.42 Å². The Labute approximate surface area is 133 Å². The zero-order valence-corrected chi connectivity index (χ0v) is 12.9. The van der Waals surface area contributed by atoms with Crippen LogP contribution in [0.2, 0.25) is 0 Å². The van der Waals surface area contributed by atoms with E-state index in [1.54, 1.807) is 6.92 Å². The SMILES string of the molecule is C=CC1CC(C#N)(C#N)[C@H]2c3c(C)ccc(C)c3O[C@@]12[N+](=O)[O-]. The number of hydrogen-bond donors (Lipinski definition) is 0. The van der Waals surface area contributed by atoms with Crippen molar-refractivity contribution in [1.29, 1.82) is 10.5 Å². The molecule has 1 aromatic rings. The van der Waals surface area contributed by atoms with Crippen LogP contribution in [0.3, 0.4) is 0 Å². The van der Waals surface area contributed by atoms with Crippen LogP contribution in [0.15, 0.2) is 24.8 Å². The average molecular weight is 309 g/mol. The first-order valence-corrected chi connectivity index (χ1v) is 7.26. The first kappa shape index (κ1) is 15.1. The van der Waals surface area contributed by atoms with Gasteiger partial charge in [-0.15, -0.1) is 6.58 Å². The third kappa shape index (κ3) is 1.55. The molecule has 0 amide bonds. The highest BCUT2D eigenvalue weighted by Gasteiger charge is 2.77. The smallest absolute Gasteiger partial charge is 0.378 e. The van der Waals surface area contributed by atoms with Gasteiger partial charge in [0.15, 0.2) is 5.41 Å². The second-order valence-electron chi connectivity index (χ2n) is 6.23. The van der Waals surface area contributed by atoms with Crippen molar-refractivity contribution in [2.24, 2.45) is 11.3 Å². The lowest BCUT2D eigenvalue weighted by atomic mass is 9.74. The van der Waals surface area contributed by atoms with Crippen LogP contribution in [0, 0.1) is 58.0 Å². The van der Waals surface area contributed by atoms with Gasteiger partial charge in [-0.25, -0.2) is 0 Å². The molecule has 23 heavy (non-hydrogen) atoms. The molecular weight excluding hydrogens is 294 g/mol. The van der Waals surface area contributed by atoms with Gasteiger partial charge in [-0.3, -0.25) is 10.1 Å². The summed E-state index contributed by atoms with van der Waals surface area (Å²) in [6.45, 7) is 7.29. The van der Waals surface area contributed by atoms with E-state index < -0.39 is 27.9 Å². The molecular formula is C17H15N3O3. The summed E-state index contributed by atoms with van der Waals surface area (Å²) in [5.74, 6) is -1.22. The Morgan fingerprint density at radius 3 is 2.52 bits per heavy atom. The van der Waals surface area contributed by atoms with E-state index in [1.165, 1.54) is 6.08 Å². The molecule has 0 N–H and O–H groups in total. The summed E-state index contributed by atoms with van der Waals surface area (Å²) in [5, 5.41) is 31.3. The van der Waals surface area contributed by atoms with Crippen molar-refractivity contribution in [3.05, 3.63) is 51.6 Å². The summed E-state index contributed by atoms with van der Waals surface area (Å²) in [7, 11) is 0. The van der Waals surface area contributed by atoms with Crippen molar-refractivity contribution in [3.8, 4) is 17.9 Å². The highest BCUT2D eigenvalue weighted by molar-refractivity contribution is 5.56. The zero-order chi connectivity index (χ0) is 17.0. The van der Waals surface area contributed by atoms with E-state index in [4.69, 9.17) is 4.74 Å². The van der Waals surface area contributed by atoms with Crippen molar-refractivity contribution in [1.82, 2.24) is 0 Å². The maximum atomic E-state index is 12.0. The molecule has 0 bridgehead atoms. The first-order valence-electron chi connectivity index (χ1n) is 7.26. The lowest BCUT2D eigenvalue weighted by Crippen LogP contribution is -2.49. The Morgan fingerprint density at radius 1 is 1.39 bits per heavy atom. The molecule has 1 unspecified atom stereocenters. The summed E-state index contributed by atoms with van der Waals surface area (Å²) in [6, 6.07) is 7.74. The number of nitriles is 2. The minimum absolute atomic E-state index is 0.0436. The first-order chi connectivity index (χ1) is 10.9. The summed E-state index contributed by atoms with van der Waals surface area (Å²) in [4.78, 5) is 11.5. The van der Waals surface area contributed by atoms with Gasteiger partial charge in [-0.1, -0.05) is 18.2 Å². The fourth-order valence-corrected chi connectivity index (χ4v) is 4.01. The third-order valence-corrected chi connectivity index (χ3v) is 5.11.